The Morgan fingerprint density at radius 1 is 1.47 bits per heavy atom. The van der Waals surface area contributed by atoms with Crippen LogP contribution in [-0.4, -0.2) is 37.1 Å². The molecule has 1 saturated carbocycles. The summed E-state index contributed by atoms with van der Waals surface area (Å²) >= 11 is 0. The minimum atomic E-state index is -1.15. The van der Waals surface area contributed by atoms with Crippen LogP contribution in [0.4, 0.5) is 0 Å². The van der Waals surface area contributed by atoms with Crippen molar-refractivity contribution in [3.63, 3.8) is 0 Å². The van der Waals surface area contributed by atoms with E-state index in [0.29, 0.717) is 12.1 Å². The zero-order valence-corrected chi connectivity index (χ0v) is 9.33. The van der Waals surface area contributed by atoms with E-state index in [1.54, 1.807) is 6.92 Å². The van der Waals surface area contributed by atoms with Crippen molar-refractivity contribution in [3.05, 3.63) is 11.4 Å². The molecule has 1 aromatic rings. The SMILES string of the molecule is CCC(C(=O)O)n1nnc(C(=O)O)c1C1CC1. The average molecular weight is 239 g/mol. The van der Waals surface area contributed by atoms with Crippen LogP contribution in [0.25, 0.3) is 0 Å². The molecule has 7 nitrogen and oxygen atoms in total. The van der Waals surface area contributed by atoms with E-state index in [0.717, 1.165) is 12.8 Å². The molecule has 1 unspecified atom stereocenters. The molecule has 7 heteroatoms. The third kappa shape index (κ3) is 2.00. The largest absolute Gasteiger partial charge is 0.480 e. The van der Waals surface area contributed by atoms with Gasteiger partial charge in [0.2, 0.25) is 0 Å². The Morgan fingerprint density at radius 2 is 2.12 bits per heavy atom. The summed E-state index contributed by atoms with van der Waals surface area (Å²) in [4.78, 5) is 22.1. The molecule has 0 spiro atoms. The van der Waals surface area contributed by atoms with E-state index >= 15 is 0 Å². The lowest BCUT2D eigenvalue weighted by Gasteiger charge is -2.12. The molecule has 1 aliphatic carbocycles. The Morgan fingerprint density at radius 3 is 2.53 bits per heavy atom. The molecule has 0 radical (unpaired) electrons. The van der Waals surface area contributed by atoms with Gasteiger partial charge in [-0.25, -0.2) is 14.3 Å². The van der Waals surface area contributed by atoms with E-state index in [1.165, 1.54) is 4.68 Å². The lowest BCUT2D eigenvalue weighted by Crippen LogP contribution is -2.21. The third-order valence-electron chi connectivity index (χ3n) is 2.86. The molecule has 0 aromatic carbocycles. The molecule has 1 heterocycles. The summed E-state index contributed by atoms with van der Waals surface area (Å²) in [6.45, 7) is 1.72. The van der Waals surface area contributed by atoms with E-state index in [2.05, 4.69) is 10.3 Å². The number of hydrogen-bond donors (Lipinski definition) is 2. The molecule has 1 aliphatic rings. The Kier molecular flexibility index (Phi) is 2.83. The van der Waals surface area contributed by atoms with Crippen LogP contribution in [0.1, 0.15) is 54.3 Å². The molecular formula is C10H13N3O4. The first-order valence-corrected chi connectivity index (χ1v) is 5.47. The number of aromatic carboxylic acids is 1. The topological polar surface area (TPSA) is 105 Å². The van der Waals surface area contributed by atoms with E-state index in [-0.39, 0.29) is 11.6 Å². The minimum absolute atomic E-state index is 0.0875. The van der Waals surface area contributed by atoms with Gasteiger partial charge in [-0.15, -0.1) is 5.10 Å². The van der Waals surface area contributed by atoms with Crippen LogP contribution in [0.2, 0.25) is 0 Å². The molecule has 0 saturated heterocycles. The highest BCUT2D eigenvalue weighted by molar-refractivity contribution is 5.87. The first-order chi connectivity index (χ1) is 8.06. The van der Waals surface area contributed by atoms with Crippen LogP contribution in [0, 0.1) is 0 Å². The highest BCUT2D eigenvalue weighted by atomic mass is 16.4. The van der Waals surface area contributed by atoms with Crippen molar-refractivity contribution in [1.29, 1.82) is 0 Å². The third-order valence-corrected chi connectivity index (χ3v) is 2.86. The molecule has 2 rings (SSSR count). The summed E-state index contributed by atoms with van der Waals surface area (Å²) in [7, 11) is 0. The Labute approximate surface area is 97.1 Å². The predicted molar refractivity (Wildman–Crippen MR) is 55.9 cm³/mol. The van der Waals surface area contributed by atoms with Crippen molar-refractivity contribution in [1.82, 2.24) is 15.0 Å². The van der Waals surface area contributed by atoms with Gasteiger partial charge in [-0.05, 0) is 19.3 Å². The van der Waals surface area contributed by atoms with Gasteiger partial charge < -0.3 is 10.2 Å². The minimum Gasteiger partial charge on any atom is -0.480 e. The van der Waals surface area contributed by atoms with Crippen LogP contribution in [0.15, 0.2) is 0 Å². The molecule has 2 N–H and O–H groups in total. The summed E-state index contributed by atoms with van der Waals surface area (Å²) in [6.07, 6.45) is 2.07. The van der Waals surface area contributed by atoms with Gasteiger partial charge in [0.1, 0.15) is 0 Å². The molecule has 1 atom stereocenters. The normalized spacial score (nSPS) is 16.8. The Hall–Kier alpha value is -1.92. The maximum absolute atomic E-state index is 11.1. The molecule has 0 bridgehead atoms. The van der Waals surface area contributed by atoms with Crippen molar-refractivity contribution >= 4 is 11.9 Å². The Balaban J connectivity index is 2.46. The monoisotopic (exact) mass is 239 g/mol. The first-order valence-electron chi connectivity index (χ1n) is 5.47. The highest BCUT2D eigenvalue weighted by Crippen LogP contribution is 2.42. The number of aliphatic carboxylic acids is 1. The van der Waals surface area contributed by atoms with E-state index < -0.39 is 18.0 Å². The van der Waals surface area contributed by atoms with Crippen molar-refractivity contribution in [3.8, 4) is 0 Å². The first kappa shape index (κ1) is 11.6. The maximum Gasteiger partial charge on any atom is 0.358 e. The second-order valence-electron chi connectivity index (χ2n) is 4.11. The summed E-state index contributed by atoms with van der Waals surface area (Å²) in [6, 6.07) is -0.841. The quantitative estimate of drug-likeness (QED) is 0.790. The Bertz CT molecular complexity index is 464. The second-order valence-corrected chi connectivity index (χ2v) is 4.11. The van der Waals surface area contributed by atoms with Crippen molar-refractivity contribution in [2.24, 2.45) is 0 Å². The molecule has 92 valence electrons. The lowest BCUT2D eigenvalue weighted by atomic mass is 10.1. The van der Waals surface area contributed by atoms with Crippen molar-refractivity contribution in [2.75, 3.05) is 0 Å². The number of rotatable bonds is 5. The fraction of sp³-hybridized carbons (Fsp3) is 0.600. The zero-order chi connectivity index (χ0) is 12.6. The van der Waals surface area contributed by atoms with Crippen molar-refractivity contribution in [2.45, 2.75) is 38.1 Å². The van der Waals surface area contributed by atoms with E-state index in [9.17, 15) is 9.59 Å². The number of hydrogen-bond acceptors (Lipinski definition) is 4. The zero-order valence-electron chi connectivity index (χ0n) is 9.33. The second kappa shape index (κ2) is 4.15. The van der Waals surface area contributed by atoms with Gasteiger partial charge in [0.05, 0.1) is 5.69 Å². The van der Waals surface area contributed by atoms with Crippen LogP contribution in [0.3, 0.4) is 0 Å². The lowest BCUT2D eigenvalue weighted by molar-refractivity contribution is -0.141. The van der Waals surface area contributed by atoms with Gasteiger partial charge in [-0.2, -0.15) is 0 Å². The molecule has 1 fully saturated rings. The van der Waals surface area contributed by atoms with Gasteiger partial charge in [0, 0.05) is 5.92 Å². The molecule has 0 aliphatic heterocycles. The van der Waals surface area contributed by atoms with Crippen LogP contribution < -0.4 is 0 Å². The number of nitrogens with zero attached hydrogens (tertiary/aromatic N) is 3. The molecule has 17 heavy (non-hydrogen) atoms. The van der Waals surface area contributed by atoms with Gasteiger partial charge in [-0.3, -0.25) is 0 Å². The van der Waals surface area contributed by atoms with Gasteiger partial charge in [0.15, 0.2) is 11.7 Å². The fourth-order valence-electron chi connectivity index (χ4n) is 1.87. The number of carboxylic acid groups (broad SMARTS) is 2. The summed E-state index contributed by atoms with van der Waals surface area (Å²) in [5.74, 6) is -2.08. The van der Waals surface area contributed by atoms with Crippen LogP contribution >= 0.6 is 0 Å². The molecule has 0 amide bonds. The average Bonchev–Trinajstić information content (AvgIpc) is 3.00. The number of aromatic nitrogens is 3. The van der Waals surface area contributed by atoms with Gasteiger partial charge >= 0.3 is 11.9 Å². The molecular weight excluding hydrogens is 226 g/mol. The van der Waals surface area contributed by atoms with E-state index in [1.807, 2.05) is 0 Å². The highest BCUT2D eigenvalue weighted by Gasteiger charge is 2.36. The van der Waals surface area contributed by atoms with Gasteiger partial charge in [-0.1, -0.05) is 12.1 Å². The smallest absolute Gasteiger partial charge is 0.358 e. The van der Waals surface area contributed by atoms with Crippen LogP contribution in [-0.2, 0) is 4.79 Å². The number of carboxylic acids is 2. The summed E-state index contributed by atoms with van der Waals surface area (Å²) < 4.78 is 1.25. The predicted octanol–water partition coefficient (Wildman–Crippen LogP) is 0.889. The molecule has 1 aromatic heterocycles. The fourth-order valence-corrected chi connectivity index (χ4v) is 1.87. The van der Waals surface area contributed by atoms with Crippen molar-refractivity contribution < 1.29 is 19.8 Å². The standard InChI is InChI=1S/C10H13N3O4/c1-2-6(9(14)15)13-8(5-3-4-5)7(10(16)17)11-12-13/h5-6H,2-4H2,1H3,(H,14,15)(H,16,17). The number of carbonyl (C=O) groups is 2. The summed E-state index contributed by atoms with van der Waals surface area (Å²) in [5.41, 5.74) is 0.332. The van der Waals surface area contributed by atoms with E-state index in [4.69, 9.17) is 10.2 Å². The summed E-state index contributed by atoms with van der Waals surface area (Å²) in [5, 5.41) is 25.3. The van der Waals surface area contributed by atoms with Gasteiger partial charge in [0.25, 0.3) is 0 Å². The maximum atomic E-state index is 11.1. The van der Waals surface area contributed by atoms with Crippen LogP contribution in [0.5, 0.6) is 0 Å².